The molecule has 9 heteroatoms. The quantitative estimate of drug-likeness (QED) is 0.900. The summed E-state index contributed by atoms with van der Waals surface area (Å²) in [5.74, 6) is -0.348. The van der Waals surface area contributed by atoms with Gasteiger partial charge in [-0.15, -0.1) is 13.2 Å². The van der Waals surface area contributed by atoms with Crippen LogP contribution < -0.4 is 14.2 Å². The maximum Gasteiger partial charge on any atom is 0.573 e. The average molecular weight is 347 g/mol. The van der Waals surface area contributed by atoms with E-state index in [0.717, 1.165) is 24.3 Å². The van der Waals surface area contributed by atoms with Gasteiger partial charge in [-0.3, -0.25) is 4.72 Å². The van der Waals surface area contributed by atoms with E-state index in [1.165, 1.54) is 13.2 Å². The summed E-state index contributed by atoms with van der Waals surface area (Å²) in [7, 11) is -2.74. The minimum atomic E-state index is -4.90. The van der Waals surface area contributed by atoms with Crippen molar-refractivity contribution in [3.8, 4) is 11.5 Å². The zero-order valence-electron chi connectivity index (χ0n) is 11.8. The molecule has 0 saturated heterocycles. The van der Waals surface area contributed by atoms with Gasteiger partial charge in [0.05, 0.1) is 17.7 Å². The lowest BCUT2D eigenvalue weighted by Crippen LogP contribution is -2.18. The molecule has 0 aliphatic heterocycles. The normalized spacial score (nSPS) is 11.8. The van der Waals surface area contributed by atoms with Gasteiger partial charge in [0.15, 0.2) is 0 Å². The van der Waals surface area contributed by atoms with E-state index in [0.29, 0.717) is 0 Å². The lowest BCUT2D eigenvalue weighted by molar-refractivity contribution is -0.274. The number of halogens is 3. The fourth-order valence-corrected chi connectivity index (χ4v) is 2.88. The van der Waals surface area contributed by atoms with E-state index in [4.69, 9.17) is 4.74 Å². The first-order valence-corrected chi connectivity index (χ1v) is 7.71. The van der Waals surface area contributed by atoms with E-state index < -0.39 is 22.1 Å². The largest absolute Gasteiger partial charge is 0.573 e. The van der Waals surface area contributed by atoms with Gasteiger partial charge in [0.1, 0.15) is 11.5 Å². The Morgan fingerprint density at radius 2 is 1.74 bits per heavy atom. The zero-order valence-corrected chi connectivity index (χ0v) is 12.6. The lowest BCUT2D eigenvalue weighted by atomic mass is 10.3. The molecule has 0 aromatic heterocycles. The van der Waals surface area contributed by atoms with Gasteiger partial charge in [-0.05, 0) is 24.3 Å². The molecule has 124 valence electrons. The molecule has 0 heterocycles. The molecule has 0 spiro atoms. The van der Waals surface area contributed by atoms with Crippen molar-refractivity contribution in [2.24, 2.45) is 0 Å². The maximum atomic E-state index is 12.3. The predicted molar refractivity (Wildman–Crippen MR) is 76.9 cm³/mol. The van der Waals surface area contributed by atoms with Gasteiger partial charge in [0, 0.05) is 6.07 Å². The number of anilines is 1. The predicted octanol–water partition coefficient (Wildman–Crippen LogP) is 3.39. The monoisotopic (exact) mass is 347 g/mol. The van der Waals surface area contributed by atoms with Crippen LogP contribution in [0.3, 0.4) is 0 Å². The Balaban J connectivity index is 2.31. The molecule has 5 nitrogen and oxygen atoms in total. The maximum absolute atomic E-state index is 12.3. The lowest BCUT2D eigenvalue weighted by Gasteiger charge is -2.13. The van der Waals surface area contributed by atoms with Crippen molar-refractivity contribution in [1.82, 2.24) is 0 Å². The number of ether oxygens (including phenoxy) is 2. The number of rotatable bonds is 5. The molecule has 0 saturated carbocycles. The third-order valence-electron chi connectivity index (χ3n) is 2.70. The minimum Gasteiger partial charge on any atom is -0.495 e. The van der Waals surface area contributed by atoms with Crippen molar-refractivity contribution in [3.05, 3.63) is 48.5 Å². The van der Waals surface area contributed by atoms with Gasteiger partial charge in [0.25, 0.3) is 10.0 Å². The van der Waals surface area contributed by atoms with Crippen LogP contribution in [0, 0.1) is 0 Å². The fraction of sp³-hybridized carbons (Fsp3) is 0.143. The first-order chi connectivity index (χ1) is 10.7. The molecule has 0 amide bonds. The van der Waals surface area contributed by atoms with Gasteiger partial charge in [0.2, 0.25) is 0 Å². The molecule has 2 aromatic carbocycles. The highest BCUT2D eigenvalue weighted by atomic mass is 32.2. The Bertz CT molecular complexity index is 791. The summed E-state index contributed by atoms with van der Waals surface area (Å²) in [5.41, 5.74) is 0.164. The highest BCUT2D eigenvalue weighted by molar-refractivity contribution is 7.92. The van der Waals surface area contributed by atoms with Crippen molar-refractivity contribution in [2.75, 3.05) is 11.8 Å². The van der Waals surface area contributed by atoms with Crippen LogP contribution in [0.4, 0.5) is 18.9 Å². The van der Waals surface area contributed by atoms with Crippen molar-refractivity contribution < 1.29 is 31.1 Å². The molecule has 0 bridgehead atoms. The first-order valence-electron chi connectivity index (χ1n) is 6.23. The number of alkyl halides is 3. The third kappa shape index (κ3) is 4.52. The molecule has 0 fully saturated rings. The molecule has 0 radical (unpaired) electrons. The van der Waals surface area contributed by atoms with Crippen LogP contribution in [0.25, 0.3) is 0 Å². The second-order valence-corrected chi connectivity index (χ2v) is 6.01. The molecular weight excluding hydrogens is 335 g/mol. The summed E-state index contributed by atoms with van der Waals surface area (Å²) in [4.78, 5) is -0.370. The molecule has 0 aliphatic rings. The van der Waals surface area contributed by atoms with E-state index >= 15 is 0 Å². The molecule has 0 aliphatic carbocycles. The topological polar surface area (TPSA) is 64.6 Å². The second-order valence-electron chi connectivity index (χ2n) is 4.33. The molecular formula is C14H12F3NO4S. The second kappa shape index (κ2) is 6.37. The summed E-state index contributed by atoms with van der Waals surface area (Å²) in [6.07, 6.45) is -4.90. The van der Waals surface area contributed by atoms with E-state index in [1.54, 1.807) is 18.2 Å². The van der Waals surface area contributed by atoms with Gasteiger partial charge in [-0.2, -0.15) is 0 Å². The molecule has 23 heavy (non-hydrogen) atoms. The van der Waals surface area contributed by atoms with E-state index in [-0.39, 0.29) is 16.3 Å². The molecule has 2 aromatic rings. The van der Waals surface area contributed by atoms with Crippen LogP contribution >= 0.6 is 0 Å². The Hall–Kier alpha value is -2.42. The minimum absolute atomic E-state index is 0.164. The van der Waals surface area contributed by atoms with Crippen molar-refractivity contribution >= 4 is 15.7 Å². The Morgan fingerprint density at radius 1 is 1.04 bits per heavy atom. The Labute approximate surface area is 130 Å². The van der Waals surface area contributed by atoms with E-state index in [2.05, 4.69) is 9.46 Å². The van der Waals surface area contributed by atoms with Gasteiger partial charge < -0.3 is 9.47 Å². The SMILES string of the molecule is COc1ccccc1NS(=O)(=O)c1cccc(OC(F)(F)F)c1. The number of hydrogen-bond donors (Lipinski definition) is 1. The van der Waals surface area contributed by atoms with Crippen molar-refractivity contribution in [3.63, 3.8) is 0 Å². The number of para-hydroxylation sites is 2. The first kappa shape index (κ1) is 16.9. The third-order valence-corrected chi connectivity index (χ3v) is 4.06. The average Bonchev–Trinajstić information content (AvgIpc) is 2.46. The van der Waals surface area contributed by atoms with Gasteiger partial charge in [-0.25, -0.2) is 8.42 Å². The van der Waals surface area contributed by atoms with Gasteiger partial charge in [-0.1, -0.05) is 18.2 Å². The molecule has 1 N–H and O–H groups in total. The fourth-order valence-electron chi connectivity index (χ4n) is 1.77. The molecule has 0 unspecified atom stereocenters. The summed E-state index contributed by atoms with van der Waals surface area (Å²) in [6.45, 7) is 0. The molecule has 2 rings (SSSR count). The number of hydrogen-bond acceptors (Lipinski definition) is 4. The Morgan fingerprint density at radius 3 is 2.39 bits per heavy atom. The van der Waals surface area contributed by atoms with E-state index in [9.17, 15) is 21.6 Å². The highest BCUT2D eigenvalue weighted by Gasteiger charge is 2.31. The summed E-state index contributed by atoms with van der Waals surface area (Å²) in [6, 6.07) is 10.3. The molecule has 0 atom stereocenters. The van der Waals surface area contributed by atoms with Crippen molar-refractivity contribution in [1.29, 1.82) is 0 Å². The van der Waals surface area contributed by atoms with Crippen LogP contribution in [-0.2, 0) is 10.0 Å². The summed E-state index contributed by atoms with van der Waals surface area (Å²) < 4.78 is 72.2. The van der Waals surface area contributed by atoms with Crippen LogP contribution in [0.1, 0.15) is 0 Å². The zero-order chi connectivity index (χ0) is 17.1. The highest BCUT2D eigenvalue weighted by Crippen LogP contribution is 2.28. The Kier molecular flexibility index (Phi) is 4.69. The standard InChI is InChI=1S/C14H12F3NO4S/c1-21-13-8-3-2-7-12(13)18-23(19,20)11-6-4-5-10(9-11)22-14(15,16)17/h2-9,18H,1H3. The summed E-state index contributed by atoms with van der Waals surface area (Å²) in [5, 5.41) is 0. The van der Waals surface area contributed by atoms with Gasteiger partial charge >= 0.3 is 6.36 Å². The van der Waals surface area contributed by atoms with Crippen LogP contribution in [0.15, 0.2) is 53.4 Å². The van der Waals surface area contributed by atoms with Crippen LogP contribution in [-0.4, -0.2) is 21.9 Å². The van der Waals surface area contributed by atoms with Crippen molar-refractivity contribution in [2.45, 2.75) is 11.3 Å². The van der Waals surface area contributed by atoms with E-state index in [1.807, 2.05) is 0 Å². The number of nitrogens with one attached hydrogen (secondary N) is 1. The number of methoxy groups -OCH3 is 1. The number of benzene rings is 2. The number of sulfonamides is 1. The van der Waals surface area contributed by atoms with Crippen LogP contribution in [0.5, 0.6) is 11.5 Å². The summed E-state index contributed by atoms with van der Waals surface area (Å²) >= 11 is 0. The smallest absolute Gasteiger partial charge is 0.495 e. The van der Waals surface area contributed by atoms with Crippen LogP contribution in [0.2, 0.25) is 0 Å².